The second-order valence-electron chi connectivity index (χ2n) is 5.13. The van der Waals surface area contributed by atoms with E-state index in [1.54, 1.807) is 12.1 Å². The largest absolute Gasteiger partial charge is 0.508 e. The number of nitrogens with zero attached hydrogens (tertiary/aromatic N) is 1. The topological polar surface area (TPSA) is 48.5 Å². The summed E-state index contributed by atoms with van der Waals surface area (Å²) in [5.41, 5.74) is 0.991. The number of likely N-dealkylation sites (tertiary alicyclic amines) is 1. The Bertz CT molecular complexity index is 544. The number of nitrogens with one attached hydrogen (secondary N) is 1. The maximum atomic E-state index is 9.52. The third-order valence-corrected chi connectivity index (χ3v) is 3.74. The second-order valence-corrected chi connectivity index (χ2v) is 5.13. The van der Waals surface area contributed by atoms with Crippen molar-refractivity contribution in [3.63, 3.8) is 0 Å². The minimum absolute atomic E-state index is 0.271. The van der Waals surface area contributed by atoms with Crippen LogP contribution in [0.1, 0.15) is 19.3 Å². The number of phenolic OH excluding ortho intramolecular Hbond substituents is 1. The third kappa shape index (κ3) is 2.84. The first-order valence-electron chi connectivity index (χ1n) is 6.98. The number of phenols is 1. The number of aromatic amines is 1. The van der Waals surface area contributed by atoms with E-state index in [1.807, 2.05) is 12.3 Å². The summed E-state index contributed by atoms with van der Waals surface area (Å²) >= 11 is 0. The minimum atomic E-state index is 0.271. The zero-order valence-electron chi connectivity index (χ0n) is 11.1. The molecule has 0 radical (unpaired) electrons. The summed E-state index contributed by atoms with van der Waals surface area (Å²) < 4.78 is 5.83. The third-order valence-electron chi connectivity index (χ3n) is 3.74. The Morgan fingerprint density at radius 1 is 1.21 bits per heavy atom. The highest BCUT2D eigenvalue weighted by molar-refractivity contribution is 5.87. The summed E-state index contributed by atoms with van der Waals surface area (Å²) in [6.07, 6.45) is 5.83. The van der Waals surface area contributed by atoms with Crippen LogP contribution in [0.15, 0.2) is 24.4 Å². The van der Waals surface area contributed by atoms with E-state index in [9.17, 15) is 5.11 Å². The van der Waals surface area contributed by atoms with Gasteiger partial charge in [0, 0.05) is 23.6 Å². The zero-order chi connectivity index (χ0) is 13.1. The standard InChI is InChI=1S/C15H20N2O2/c18-12-4-5-14-13(10-12)15(11-16-14)19-9-8-17-6-2-1-3-7-17/h4-5,10-11,16,18H,1-3,6-9H2. The van der Waals surface area contributed by atoms with E-state index in [0.29, 0.717) is 6.61 Å². The quantitative estimate of drug-likeness (QED) is 0.888. The predicted octanol–water partition coefficient (Wildman–Crippen LogP) is 2.74. The summed E-state index contributed by atoms with van der Waals surface area (Å²) in [6, 6.07) is 5.28. The molecule has 1 fully saturated rings. The van der Waals surface area contributed by atoms with Gasteiger partial charge in [-0.25, -0.2) is 0 Å². The number of benzene rings is 1. The monoisotopic (exact) mass is 260 g/mol. The highest BCUT2D eigenvalue weighted by atomic mass is 16.5. The number of ether oxygens (including phenoxy) is 1. The molecule has 0 saturated carbocycles. The van der Waals surface area contributed by atoms with Crippen molar-refractivity contribution in [3.05, 3.63) is 24.4 Å². The fourth-order valence-electron chi connectivity index (χ4n) is 2.67. The molecule has 4 heteroatoms. The number of hydrogen-bond acceptors (Lipinski definition) is 3. The molecule has 2 heterocycles. The van der Waals surface area contributed by atoms with E-state index < -0.39 is 0 Å². The first-order chi connectivity index (χ1) is 9.33. The molecule has 1 saturated heterocycles. The Morgan fingerprint density at radius 3 is 2.89 bits per heavy atom. The molecule has 0 unspecified atom stereocenters. The van der Waals surface area contributed by atoms with E-state index in [2.05, 4.69) is 9.88 Å². The van der Waals surface area contributed by atoms with Crippen LogP contribution < -0.4 is 4.74 Å². The number of aromatic nitrogens is 1. The van der Waals surface area contributed by atoms with E-state index in [1.165, 1.54) is 32.4 Å². The van der Waals surface area contributed by atoms with Crippen LogP contribution in [0.2, 0.25) is 0 Å². The molecule has 0 atom stereocenters. The maximum absolute atomic E-state index is 9.52. The van der Waals surface area contributed by atoms with Gasteiger partial charge < -0.3 is 14.8 Å². The average molecular weight is 260 g/mol. The van der Waals surface area contributed by atoms with Gasteiger partial charge in [0.1, 0.15) is 18.1 Å². The normalized spacial score (nSPS) is 16.8. The van der Waals surface area contributed by atoms with Gasteiger partial charge in [0.25, 0.3) is 0 Å². The highest BCUT2D eigenvalue weighted by Gasteiger charge is 2.10. The van der Waals surface area contributed by atoms with Crippen LogP contribution in [0.3, 0.4) is 0 Å². The van der Waals surface area contributed by atoms with Gasteiger partial charge in [0.15, 0.2) is 0 Å². The van der Waals surface area contributed by atoms with Crippen molar-refractivity contribution in [2.75, 3.05) is 26.2 Å². The molecular formula is C15H20N2O2. The van der Waals surface area contributed by atoms with E-state index in [-0.39, 0.29) is 5.75 Å². The predicted molar refractivity (Wildman–Crippen MR) is 75.7 cm³/mol. The van der Waals surface area contributed by atoms with Crippen LogP contribution in [-0.4, -0.2) is 41.2 Å². The van der Waals surface area contributed by atoms with Crippen LogP contribution >= 0.6 is 0 Å². The molecular weight excluding hydrogens is 240 g/mol. The summed E-state index contributed by atoms with van der Waals surface area (Å²) in [5.74, 6) is 1.09. The van der Waals surface area contributed by atoms with Crippen LogP contribution in [-0.2, 0) is 0 Å². The van der Waals surface area contributed by atoms with Crippen molar-refractivity contribution in [1.29, 1.82) is 0 Å². The number of fused-ring (bicyclic) bond motifs is 1. The van der Waals surface area contributed by atoms with E-state index in [4.69, 9.17) is 4.74 Å². The summed E-state index contributed by atoms with van der Waals surface area (Å²) in [7, 11) is 0. The molecule has 4 nitrogen and oxygen atoms in total. The van der Waals surface area contributed by atoms with Gasteiger partial charge in [-0.05, 0) is 44.1 Å². The fourth-order valence-corrected chi connectivity index (χ4v) is 2.67. The Labute approximate surface area is 113 Å². The molecule has 2 N–H and O–H groups in total. The molecule has 102 valence electrons. The maximum Gasteiger partial charge on any atom is 0.144 e. The summed E-state index contributed by atoms with van der Waals surface area (Å²) in [5, 5.41) is 10.5. The van der Waals surface area contributed by atoms with Gasteiger partial charge in [-0.3, -0.25) is 4.90 Å². The molecule has 0 bridgehead atoms. The molecule has 1 aliphatic rings. The lowest BCUT2D eigenvalue weighted by Gasteiger charge is -2.26. The first kappa shape index (κ1) is 12.4. The van der Waals surface area contributed by atoms with Gasteiger partial charge in [0.05, 0.1) is 0 Å². The number of rotatable bonds is 4. The first-order valence-corrected chi connectivity index (χ1v) is 6.98. The molecule has 19 heavy (non-hydrogen) atoms. The molecule has 0 aliphatic carbocycles. The summed E-state index contributed by atoms with van der Waals surface area (Å²) in [4.78, 5) is 5.61. The van der Waals surface area contributed by atoms with Crippen molar-refractivity contribution in [1.82, 2.24) is 9.88 Å². The van der Waals surface area contributed by atoms with Crippen molar-refractivity contribution in [3.8, 4) is 11.5 Å². The Hall–Kier alpha value is -1.68. The zero-order valence-corrected chi connectivity index (χ0v) is 11.1. The molecule has 1 aromatic heterocycles. The van der Waals surface area contributed by atoms with Crippen LogP contribution in [0.5, 0.6) is 11.5 Å². The van der Waals surface area contributed by atoms with Crippen molar-refractivity contribution < 1.29 is 9.84 Å². The lowest BCUT2D eigenvalue weighted by molar-refractivity contribution is 0.184. The lowest BCUT2D eigenvalue weighted by atomic mass is 10.1. The Morgan fingerprint density at radius 2 is 2.05 bits per heavy atom. The molecule has 1 aliphatic heterocycles. The summed E-state index contributed by atoms with van der Waals surface area (Å²) in [6.45, 7) is 4.06. The van der Waals surface area contributed by atoms with E-state index in [0.717, 1.165) is 23.2 Å². The molecule has 0 amide bonds. The molecule has 3 rings (SSSR count). The highest BCUT2D eigenvalue weighted by Crippen LogP contribution is 2.28. The van der Waals surface area contributed by atoms with Crippen LogP contribution in [0, 0.1) is 0 Å². The van der Waals surface area contributed by atoms with Gasteiger partial charge in [-0.2, -0.15) is 0 Å². The van der Waals surface area contributed by atoms with Gasteiger partial charge >= 0.3 is 0 Å². The van der Waals surface area contributed by atoms with Gasteiger partial charge in [-0.1, -0.05) is 6.42 Å². The molecule has 1 aromatic carbocycles. The van der Waals surface area contributed by atoms with Gasteiger partial charge in [-0.15, -0.1) is 0 Å². The number of H-pyrrole nitrogens is 1. The Balaban J connectivity index is 1.60. The minimum Gasteiger partial charge on any atom is -0.508 e. The van der Waals surface area contributed by atoms with Crippen molar-refractivity contribution in [2.45, 2.75) is 19.3 Å². The number of piperidine rings is 1. The number of aromatic hydroxyl groups is 1. The van der Waals surface area contributed by atoms with Crippen LogP contribution in [0.25, 0.3) is 10.9 Å². The second kappa shape index (κ2) is 5.53. The van der Waals surface area contributed by atoms with Crippen molar-refractivity contribution in [2.24, 2.45) is 0 Å². The lowest BCUT2D eigenvalue weighted by Crippen LogP contribution is -2.33. The smallest absolute Gasteiger partial charge is 0.144 e. The van der Waals surface area contributed by atoms with Gasteiger partial charge in [0.2, 0.25) is 0 Å². The number of hydrogen-bond donors (Lipinski definition) is 2. The SMILES string of the molecule is Oc1ccc2[nH]cc(OCCN3CCCCC3)c2c1. The fraction of sp³-hybridized carbons (Fsp3) is 0.467. The average Bonchev–Trinajstić information content (AvgIpc) is 2.83. The Kier molecular flexibility index (Phi) is 3.60. The molecule has 0 spiro atoms. The van der Waals surface area contributed by atoms with Crippen molar-refractivity contribution >= 4 is 10.9 Å². The van der Waals surface area contributed by atoms with Crippen LogP contribution in [0.4, 0.5) is 0 Å². The van der Waals surface area contributed by atoms with E-state index >= 15 is 0 Å². The molecule has 2 aromatic rings.